The first kappa shape index (κ1) is 17.5. The molecule has 0 N–H and O–H groups in total. The van der Waals surface area contributed by atoms with Gasteiger partial charge in [0.15, 0.2) is 0 Å². The summed E-state index contributed by atoms with van der Waals surface area (Å²) in [7, 11) is 1.41. The Morgan fingerprint density at radius 1 is 1.04 bits per heavy atom. The molecule has 3 aromatic rings. The highest BCUT2D eigenvalue weighted by Gasteiger charge is 2.23. The Kier molecular flexibility index (Phi) is 5.05. The van der Waals surface area contributed by atoms with E-state index in [1.54, 1.807) is 6.20 Å². The molecule has 1 aliphatic rings. The number of hydrogen-bond donors (Lipinski definition) is 0. The van der Waals surface area contributed by atoms with Gasteiger partial charge in [-0.15, -0.1) is 0 Å². The molecule has 0 aliphatic carbocycles. The highest BCUT2D eigenvalue weighted by atomic mass is 16.5. The second kappa shape index (κ2) is 7.78. The fraction of sp³-hybridized carbons (Fsp3) is 0.304. The Balaban J connectivity index is 1.53. The van der Waals surface area contributed by atoms with E-state index in [-0.39, 0.29) is 5.97 Å². The lowest BCUT2D eigenvalue weighted by molar-refractivity contribution is 0.0602. The molecule has 138 valence electrons. The number of benzene rings is 2. The number of methoxy groups -OCH3 is 1. The maximum Gasteiger partial charge on any atom is 0.340 e. The van der Waals surface area contributed by atoms with Crippen molar-refractivity contribution in [1.29, 1.82) is 0 Å². The zero-order valence-corrected chi connectivity index (χ0v) is 15.6. The van der Waals surface area contributed by atoms with Crippen LogP contribution in [0, 0.1) is 5.92 Å². The smallest absolute Gasteiger partial charge is 0.340 e. The summed E-state index contributed by atoms with van der Waals surface area (Å²) in [5, 5.41) is 1.92. The largest absolute Gasteiger partial charge is 0.465 e. The highest BCUT2D eigenvalue weighted by molar-refractivity contribution is 6.07. The predicted octanol–water partition coefficient (Wildman–Crippen LogP) is 4.48. The van der Waals surface area contributed by atoms with Crippen molar-refractivity contribution in [2.24, 2.45) is 5.92 Å². The van der Waals surface area contributed by atoms with E-state index in [2.05, 4.69) is 40.2 Å². The average molecular weight is 360 g/mol. The standard InChI is InChI=1S/C23H24N2O2/c1-27-23(26)21-16-24-22(20-10-6-5-9-19(20)21)25-13-11-18(12-14-25)15-17-7-3-2-4-8-17/h2-10,16,18H,11-15H2,1H3. The first-order valence-electron chi connectivity index (χ1n) is 9.51. The van der Waals surface area contributed by atoms with Gasteiger partial charge in [-0.05, 0) is 30.7 Å². The number of carbonyl (C=O) groups is 1. The Hall–Kier alpha value is -2.88. The van der Waals surface area contributed by atoms with Crippen molar-refractivity contribution >= 4 is 22.6 Å². The van der Waals surface area contributed by atoms with Crippen LogP contribution >= 0.6 is 0 Å². The number of hydrogen-bond acceptors (Lipinski definition) is 4. The van der Waals surface area contributed by atoms with E-state index in [4.69, 9.17) is 4.74 Å². The van der Waals surface area contributed by atoms with Crippen LogP contribution in [0.2, 0.25) is 0 Å². The Morgan fingerprint density at radius 2 is 1.70 bits per heavy atom. The molecule has 0 unspecified atom stereocenters. The number of rotatable bonds is 4. The van der Waals surface area contributed by atoms with Crippen LogP contribution in [-0.2, 0) is 11.2 Å². The van der Waals surface area contributed by atoms with Crippen molar-refractivity contribution in [2.45, 2.75) is 19.3 Å². The Labute approximate surface area is 159 Å². The van der Waals surface area contributed by atoms with Crippen LogP contribution in [0.3, 0.4) is 0 Å². The lowest BCUT2D eigenvalue weighted by atomic mass is 9.90. The molecule has 1 saturated heterocycles. The molecule has 0 saturated carbocycles. The molecular formula is C23H24N2O2. The molecule has 0 spiro atoms. The Bertz CT molecular complexity index is 932. The number of fused-ring (bicyclic) bond motifs is 1. The highest BCUT2D eigenvalue weighted by Crippen LogP contribution is 2.31. The average Bonchev–Trinajstić information content (AvgIpc) is 2.74. The van der Waals surface area contributed by atoms with E-state index in [1.807, 2.05) is 24.3 Å². The molecule has 4 rings (SSSR count). The van der Waals surface area contributed by atoms with Gasteiger partial charge in [0.05, 0.1) is 12.7 Å². The van der Waals surface area contributed by atoms with E-state index in [1.165, 1.54) is 12.7 Å². The van der Waals surface area contributed by atoms with Crippen LogP contribution in [0.15, 0.2) is 60.8 Å². The zero-order chi connectivity index (χ0) is 18.6. The maximum absolute atomic E-state index is 12.1. The van der Waals surface area contributed by atoms with Crippen LogP contribution in [-0.4, -0.2) is 31.2 Å². The third-order valence-corrected chi connectivity index (χ3v) is 5.46. The van der Waals surface area contributed by atoms with Crippen LogP contribution in [0.5, 0.6) is 0 Å². The number of pyridine rings is 1. The lowest BCUT2D eigenvalue weighted by Gasteiger charge is -2.33. The monoisotopic (exact) mass is 360 g/mol. The minimum absolute atomic E-state index is 0.341. The number of ether oxygens (including phenoxy) is 1. The van der Waals surface area contributed by atoms with Gasteiger partial charge in [-0.2, -0.15) is 0 Å². The molecule has 1 aliphatic heterocycles. The van der Waals surface area contributed by atoms with E-state index in [0.29, 0.717) is 11.5 Å². The van der Waals surface area contributed by atoms with Crippen LogP contribution in [0.1, 0.15) is 28.8 Å². The molecule has 1 fully saturated rings. The molecule has 0 amide bonds. The first-order chi connectivity index (χ1) is 13.3. The van der Waals surface area contributed by atoms with E-state index in [9.17, 15) is 4.79 Å². The van der Waals surface area contributed by atoms with Crippen molar-refractivity contribution in [1.82, 2.24) is 4.98 Å². The van der Waals surface area contributed by atoms with E-state index < -0.39 is 0 Å². The minimum atomic E-state index is -0.341. The summed E-state index contributed by atoms with van der Waals surface area (Å²) >= 11 is 0. The first-order valence-corrected chi connectivity index (χ1v) is 9.51. The fourth-order valence-corrected chi connectivity index (χ4v) is 4.00. The zero-order valence-electron chi connectivity index (χ0n) is 15.6. The normalized spacial score (nSPS) is 15.1. The lowest BCUT2D eigenvalue weighted by Crippen LogP contribution is -2.35. The molecule has 1 aromatic heterocycles. The third kappa shape index (κ3) is 3.65. The van der Waals surface area contributed by atoms with Gasteiger partial charge in [-0.3, -0.25) is 0 Å². The van der Waals surface area contributed by atoms with Gasteiger partial charge < -0.3 is 9.64 Å². The second-order valence-corrected chi connectivity index (χ2v) is 7.15. The van der Waals surface area contributed by atoms with Crippen LogP contribution in [0.25, 0.3) is 10.8 Å². The molecule has 2 aromatic carbocycles. The van der Waals surface area contributed by atoms with Gasteiger partial charge in [-0.25, -0.2) is 9.78 Å². The molecule has 4 heteroatoms. The fourth-order valence-electron chi connectivity index (χ4n) is 4.00. The summed E-state index contributed by atoms with van der Waals surface area (Å²) in [6.45, 7) is 1.98. The number of aromatic nitrogens is 1. The van der Waals surface area contributed by atoms with Crippen molar-refractivity contribution in [3.8, 4) is 0 Å². The topological polar surface area (TPSA) is 42.4 Å². The molecule has 27 heavy (non-hydrogen) atoms. The molecule has 0 radical (unpaired) electrons. The SMILES string of the molecule is COC(=O)c1cnc(N2CCC(Cc3ccccc3)CC2)c2ccccc12. The Morgan fingerprint density at radius 3 is 2.41 bits per heavy atom. The quantitative estimate of drug-likeness (QED) is 0.643. The van der Waals surface area contributed by atoms with Crippen molar-refractivity contribution in [2.75, 3.05) is 25.1 Å². The maximum atomic E-state index is 12.1. The molecule has 2 heterocycles. The van der Waals surface area contributed by atoms with Crippen molar-refractivity contribution in [3.05, 3.63) is 71.9 Å². The number of esters is 1. The molecule has 4 nitrogen and oxygen atoms in total. The third-order valence-electron chi connectivity index (χ3n) is 5.46. The summed E-state index contributed by atoms with van der Waals surface area (Å²) in [4.78, 5) is 19.0. The van der Waals surface area contributed by atoms with Crippen LogP contribution < -0.4 is 4.90 Å². The van der Waals surface area contributed by atoms with E-state index >= 15 is 0 Å². The number of carbonyl (C=O) groups excluding carboxylic acids is 1. The molecule has 0 atom stereocenters. The minimum Gasteiger partial charge on any atom is -0.465 e. The summed E-state index contributed by atoms with van der Waals surface area (Å²) in [6, 6.07) is 18.7. The van der Waals surface area contributed by atoms with E-state index in [0.717, 1.165) is 48.9 Å². The predicted molar refractivity (Wildman–Crippen MR) is 108 cm³/mol. The van der Waals surface area contributed by atoms with Gasteiger partial charge in [0.25, 0.3) is 0 Å². The van der Waals surface area contributed by atoms with Gasteiger partial charge in [0, 0.05) is 30.1 Å². The number of anilines is 1. The van der Waals surface area contributed by atoms with Crippen molar-refractivity contribution in [3.63, 3.8) is 0 Å². The van der Waals surface area contributed by atoms with Crippen molar-refractivity contribution < 1.29 is 9.53 Å². The summed E-state index contributed by atoms with van der Waals surface area (Å²) in [6.07, 6.45) is 5.11. The number of nitrogens with zero attached hydrogens (tertiary/aromatic N) is 2. The van der Waals surface area contributed by atoms with Gasteiger partial charge in [0.1, 0.15) is 5.82 Å². The summed E-state index contributed by atoms with van der Waals surface area (Å²) < 4.78 is 4.91. The molecule has 0 bridgehead atoms. The van der Waals surface area contributed by atoms with Gasteiger partial charge in [0.2, 0.25) is 0 Å². The van der Waals surface area contributed by atoms with Crippen LogP contribution in [0.4, 0.5) is 5.82 Å². The van der Waals surface area contributed by atoms with Gasteiger partial charge in [-0.1, -0.05) is 54.6 Å². The second-order valence-electron chi connectivity index (χ2n) is 7.15. The number of piperidine rings is 1. The summed E-state index contributed by atoms with van der Waals surface area (Å²) in [5.74, 6) is 1.34. The molecular weight excluding hydrogens is 336 g/mol. The summed E-state index contributed by atoms with van der Waals surface area (Å²) in [5.41, 5.74) is 1.94. The van der Waals surface area contributed by atoms with Gasteiger partial charge >= 0.3 is 5.97 Å².